The summed E-state index contributed by atoms with van der Waals surface area (Å²) in [5.74, 6) is 2.33. The molecule has 28 heavy (non-hydrogen) atoms. The largest absolute Gasteiger partial charge is 0.459 e. The van der Waals surface area contributed by atoms with Gasteiger partial charge in [0.1, 0.15) is 6.10 Å². The Bertz CT molecular complexity index is 575. The molecule has 0 aliphatic heterocycles. The molecule has 0 atom stereocenters. The predicted molar refractivity (Wildman–Crippen MR) is 117 cm³/mol. The van der Waals surface area contributed by atoms with Crippen LogP contribution in [0.4, 0.5) is 0 Å². The second kappa shape index (κ2) is 11.0. The molecule has 0 saturated heterocycles. The predicted octanol–water partition coefficient (Wildman–Crippen LogP) is 7.67. The fourth-order valence-electron chi connectivity index (χ4n) is 5.33. The quantitative estimate of drug-likeness (QED) is 0.430. The number of unbranched alkanes of at least 4 members (excludes halogenated alkanes) is 1. The van der Waals surface area contributed by atoms with E-state index in [4.69, 9.17) is 4.74 Å². The molecule has 0 bridgehead atoms. The molecule has 2 heteroatoms. The number of hydrogen-bond acceptors (Lipinski definition) is 2. The molecular weight excluding hydrogens is 344 g/mol. The maximum atomic E-state index is 12.5. The van der Waals surface area contributed by atoms with E-state index in [1.807, 2.05) is 12.1 Å². The zero-order valence-corrected chi connectivity index (χ0v) is 18.1. The normalized spacial score (nSPS) is 28.1. The Kier molecular flexibility index (Phi) is 8.43. The molecule has 2 aliphatic carbocycles. The van der Waals surface area contributed by atoms with E-state index in [0.29, 0.717) is 5.92 Å². The maximum Gasteiger partial charge on any atom is 0.338 e. The highest BCUT2D eigenvalue weighted by Crippen LogP contribution is 2.37. The molecule has 0 aromatic heterocycles. The lowest BCUT2D eigenvalue weighted by Crippen LogP contribution is -2.24. The van der Waals surface area contributed by atoms with E-state index in [9.17, 15) is 4.79 Å². The van der Waals surface area contributed by atoms with Crippen LogP contribution in [0.25, 0.3) is 0 Å². The highest BCUT2D eigenvalue weighted by molar-refractivity contribution is 5.89. The van der Waals surface area contributed by atoms with Crippen molar-refractivity contribution in [2.24, 2.45) is 11.8 Å². The minimum atomic E-state index is -0.131. The minimum absolute atomic E-state index is 0.124. The highest BCUT2D eigenvalue weighted by atomic mass is 16.5. The molecule has 0 amide bonds. The molecule has 3 rings (SSSR count). The van der Waals surface area contributed by atoms with Crippen LogP contribution in [-0.4, -0.2) is 12.1 Å². The van der Waals surface area contributed by atoms with Gasteiger partial charge in [0.2, 0.25) is 0 Å². The summed E-state index contributed by atoms with van der Waals surface area (Å²) in [4.78, 5) is 12.5. The highest BCUT2D eigenvalue weighted by Gasteiger charge is 2.25. The number of benzene rings is 1. The van der Waals surface area contributed by atoms with Gasteiger partial charge >= 0.3 is 5.97 Å². The van der Waals surface area contributed by atoms with E-state index in [-0.39, 0.29) is 12.1 Å². The van der Waals surface area contributed by atoms with Gasteiger partial charge in [0.05, 0.1) is 5.56 Å². The molecule has 1 aromatic carbocycles. The van der Waals surface area contributed by atoms with Crippen LogP contribution in [0.15, 0.2) is 24.3 Å². The minimum Gasteiger partial charge on any atom is -0.459 e. The van der Waals surface area contributed by atoms with Gasteiger partial charge in [-0.15, -0.1) is 0 Å². The van der Waals surface area contributed by atoms with Gasteiger partial charge in [-0.1, -0.05) is 58.1 Å². The third-order valence-corrected chi connectivity index (χ3v) is 7.19. The van der Waals surface area contributed by atoms with Crippen molar-refractivity contribution in [1.29, 1.82) is 0 Å². The van der Waals surface area contributed by atoms with Gasteiger partial charge in [-0.25, -0.2) is 4.79 Å². The number of ether oxygens (including phenoxy) is 1. The number of carbonyl (C=O) groups is 1. The molecule has 2 fully saturated rings. The van der Waals surface area contributed by atoms with Crippen LogP contribution in [-0.2, 0) is 4.74 Å². The Hall–Kier alpha value is -1.31. The first-order chi connectivity index (χ1) is 13.7. The topological polar surface area (TPSA) is 26.3 Å². The molecule has 0 spiro atoms. The van der Waals surface area contributed by atoms with Crippen molar-refractivity contribution in [1.82, 2.24) is 0 Å². The van der Waals surface area contributed by atoms with E-state index < -0.39 is 0 Å². The van der Waals surface area contributed by atoms with Crippen molar-refractivity contribution in [3.63, 3.8) is 0 Å². The summed E-state index contributed by atoms with van der Waals surface area (Å²) in [6.45, 7) is 4.55. The molecule has 2 nitrogen and oxygen atoms in total. The second-order valence-corrected chi connectivity index (χ2v) is 9.32. The molecule has 2 saturated carbocycles. The number of carbonyl (C=O) groups excluding carboxylic acids is 1. The van der Waals surface area contributed by atoms with E-state index in [1.54, 1.807) is 0 Å². The molecule has 1 aromatic rings. The first kappa shape index (κ1) is 21.4. The Balaban J connectivity index is 1.45. The molecule has 156 valence electrons. The van der Waals surface area contributed by atoms with Gasteiger partial charge in [-0.3, -0.25) is 0 Å². The Morgan fingerprint density at radius 3 is 2.04 bits per heavy atom. The molecule has 0 radical (unpaired) electrons. The zero-order valence-electron chi connectivity index (χ0n) is 18.1. The molecular formula is C26H40O2. The van der Waals surface area contributed by atoms with Crippen molar-refractivity contribution in [3.8, 4) is 0 Å². The van der Waals surface area contributed by atoms with Crippen molar-refractivity contribution in [3.05, 3.63) is 35.4 Å². The molecule has 0 unspecified atom stereocenters. The zero-order chi connectivity index (χ0) is 19.8. The Morgan fingerprint density at radius 2 is 1.43 bits per heavy atom. The van der Waals surface area contributed by atoms with Crippen molar-refractivity contribution in [2.75, 3.05) is 0 Å². The summed E-state index contributed by atoms with van der Waals surface area (Å²) in [5.41, 5.74) is 2.13. The number of rotatable bonds is 8. The molecule has 0 heterocycles. The van der Waals surface area contributed by atoms with Crippen LogP contribution in [0.2, 0.25) is 0 Å². The average Bonchev–Trinajstić information content (AvgIpc) is 2.74. The first-order valence-electron chi connectivity index (χ1n) is 12.0. The van der Waals surface area contributed by atoms with Gasteiger partial charge in [0.15, 0.2) is 0 Å². The summed E-state index contributed by atoms with van der Waals surface area (Å²) in [5, 5.41) is 0. The Labute approximate surface area is 172 Å². The fraction of sp³-hybridized carbons (Fsp3) is 0.731. The van der Waals surface area contributed by atoms with Crippen LogP contribution in [0.5, 0.6) is 0 Å². The number of esters is 1. The van der Waals surface area contributed by atoms with Crippen LogP contribution in [0.3, 0.4) is 0 Å². The van der Waals surface area contributed by atoms with Gasteiger partial charge < -0.3 is 4.74 Å². The van der Waals surface area contributed by atoms with Crippen LogP contribution < -0.4 is 0 Å². The van der Waals surface area contributed by atoms with Gasteiger partial charge in [-0.05, 0) is 86.8 Å². The third kappa shape index (κ3) is 6.09. The molecule has 0 N–H and O–H groups in total. The third-order valence-electron chi connectivity index (χ3n) is 7.19. The van der Waals surface area contributed by atoms with Crippen molar-refractivity contribution in [2.45, 2.75) is 109 Å². The van der Waals surface area contributed by atoms with E-state index in [2.05, 4.69) is 26.0 Å². The summed E-state index contributed by atoms with van der Waals surface area (Å²) < 4.78 is 5.80. The summed E-state index contributed by atoms with van der Waals surface area (Å²) in [7, 11) is 0. The van der Waals surface area contributed by atoms with Crippen LogP contribution in [0.1, 0.15) is 119 Å². The van der Waals surface area contributed by atoms with Crippen molar-refractivity contribution >= 4 is 5.97 Å². The lowest BCUT2D eigenvalue weighted by molar-refractivity contribution is 0.0161. The van der Waals surface area contributed by atoms with E-state index >= 15 is 0 Å². The standard InChI is InChI=1S/C26H40O2/c1-3-5-7-21-8-12-22(13-9-21)23-14-16-24(17-15-23)26(27)28-25-18-10-20(6-4-2)11-19-25/h14-17,20-22,25H,3-13,18-19H2,1-2H3/t20-,21-,22-,25-. The lowest BCUT2D eigenvalue weighted by Gasteiger charge is -2.29. The van der Waals surface area contributed by atoms with Gasteiger partial charge in [0.25, 0.3) is 0 Å². The second-order valence-electron chi connectivity index (χ2n) is 9.32. The summed E-state index contributed by atoms with van der Waals surface area (Å²) in [6.07, 6.45) is 16.7. The van der Waals surface area contributed by atoms with Crippen molar-refractivity contribution < 1.29 is 9.53 Å². The van der Waals surface area contributed by atoms with Crippen LogP contribution >= 0.6 is 0 Å². The summed E-state index contributed by atoms with van der Waals surface area (Å²) in [6, 6.07) is 8.32. The number of hydrogen-bond donors (Lipinski definition) is 0. The SMILES string of the molecule is CCCC[C@H]1CC[C@H](c2ccc(C(=O)O[C@H]3CC[C@H](CCC)CC3)cc2)CC1. The van der Waals surface area contributed by atoms with E-state index in [0.717, 1.165) is 30.2 Å². The smallest absolute Gasteiger partial charge is 0.338 e. The lowest BCUT2D eigenvalue weighted by atomic mass is 9.77. The van der Waals surface area contributed by atoms with Gasteiger partial charge in [-0.2, -0.15) is 0 Å². The van der Waals surface area contributed by atoms with E-state index in [1.165, 1.54) is 76.2 Å². The van der Waals surface area contributed by atoms with Gasteiger partial charge in [0, 0.05) is 0 Å². The Morgan fingerprint density at radius 1 is 0.821 bits per heavy atom. The molecule has 2 aliphatic rings. The van der Waals surface area contributed by atoms with Crippen LogP contribution in [0, 0.1) is 11.8 Å². The monoisotopic (exact) mass is 384 g/mol. The maximum absolute atomic E-state index is 12.5. The fourth-order valence-corrected chi connectivity index (χ4v) is 5.33. The first-order valence-corrected chi connectivity index (χ1v) is 12.0. The average molecular weight is 385 g/mol. The summed E-state index contributed by atoms with van der Waals surface area (Å²) >= 11 is 0.